The van der Waals surface area contributed by atoms with E-state index in [0.29, 0.717) is 6.10 Å². The Morgan fingerprint density at radius 3 is 2.88 bits per heavy atom. The third kappa shape index (κ3) is 2.54. The summed E-state index contributed by atoms with van der Waals surface area (Å²) in [6, 6.07) is 6.17. The lowest BCUT2D eigenvalue weighted by atomic mass is 10.1. The maximum absolute atomic E-state index is 5.95. The lowest BCUT2D eigenvalue weighted by Crippen LogP contribution is -2.23. The fourth-order valence-corrected chi connectivity index (χ4v) is 2.09. The zero-order valence-corrected chi connectivity index (χ0v) is 10.1. The molecule has 0 saturated heterocycles. The molecule has 1 aliphatic rings. The number of nitrogens with two attached hydrogens (primary N) is 1. The van der Waals surface area contributed by atoms with Gasteiger partial charge in [-0.15, -0.1) is 0 Å². The average molecular weight is 220 g/mol. The Bertz CT molecular complexity index is 363. The summed E-state index contributed by atoms with van der Waals surface area (Å²) in [5.41, 5.74) is 9.54. The summed E-state index contributed by atoms with van der Waals surface area (Å²) >= 11 is 0. The Morgan fingerprint density at radius 2 is 2.19 bits per heavy atom. The summed E-state index contributed by atoms with van der Waals surface area (Å²) in [5, 5.41) is 0. The Morgan fingerprint density at radius 1 is 1.38 bits per heavy atom. The third-order valence-electron chi connectivity index (χ3n) is 2.94. The number of nitrogen functional groups attached to an aromatic ring is 1. The highest BCUT2D eigenvalue weighted by molar-refractivity contribution is 5.52. The molecule has 2 rings (SSSR count). The number of benzene rings is 1. The number of rotatable bonds is 4. The molecule has 0 aromatic heterocycles. The normalized spacial score (nSPS) is 15.7. The zero-order valence-electron chi connectivity index (χ0n) is 10.1. The standard InChI is InChI=1S/C13H20N2O/c1-10(2)16-7-6-15-8-11-4-3-5-13(14)12(11)9-15/h3-5,10H,6-9,14H2,1-2H3. The smallest absolute Gasteiger partial charge is 0.0597 e. The average Bonchev–Trinajstić information content (AvgIpc) is 2.61. The molecule has 0 bridgehead atoms. The van der Waals surface area contributed by atoms with E-state index < -0.39 is 0 Å². The third-order valence-corrected chi connectivity index (χ3v) is 2.94. The Kier molecular flexibility index (Phi) is 3.46. The fraction of sp³-hybridized carbons (Fsp3) is 0.538. The van der Waals surface area contributed by atoms with Crippen molar-refractivity contribution in [1.82, 2.24) is 4.90 Å². The first-order valence-electron chi connectivity index (χ1n) is 5.87. The van der Waals surface area contributed by atoms with Crippen molar-refractivity contribution in [2.75, 3.05) is 18.9 Å². The maximum Gasteiger partial charge on any atom is 0.0597 e. The van der Waals surface area contributed by atoms with Crippen LogP contribution in [-0.4, -0.2) is 24.2 Å². The molecule has 1 aromatic rings. The molecule has 0 radical (unpaired) electrons. The molecule has 1 aromatic carbocycles. The van der Waals surface area contributed by atoms with Crippen LogP contribution in [0.15, 0.2) is 18.2 Å². The second-order valence-electron chi connectivity index (χ2n) is 4.62. The molecule has 2 N–H and O–H groups in total. The zero-order chi connectivity index (χ0) is 11.5. The van der Waals surface area contributed by atoms with Crippen LogP contribution in [0.3, 0.4) is 0 Å². The van der Waals surface area contributed by atoms with Crippen LogP contribution in [-0.2, 0) is 17.8 Å². The van der Waals surface area contributed by atoms with Gasteiger partial charge >= 0.3 is 0 Å². The van der Waals surface area contributed by atoms with Gasteiger partial charge in [-0.05, 0) is 31.0 Å². The van der Waals surface area contributed by atoms with Crippen molar-refractivity contribution in [2.24, 2.45) is 0 Å². The van der Waals surface area contributed by atoms with Gasteiger partial charge in [-0.1, -0.05) is 12.1 Å². The molecule has 88 valence electrons. The number of hydrogen-bond donors (Lipinski definition) is 1. The van der Waals surface area contributed by atoms with Gasteiger partial charge in [0.2, 0.25) is 0 Å². The first kappa shape index (κ1) is 11.4. The molecule has 0 saturated carbocycles. The van der Waals surface area contributed by atoms with E-state index >= 15 is 0 Å². The molecule has 0 unspecified atom stereocenters. The SMILES string of the molecule is CC(C)OCCN1Cc2cccc(N)c2C1. The highest BCUT2D eigenvalue weighted by atomic mass is 16.5. The predicted octanol–water partition coefficient (Wildman–Crippen LogP) is 2.01. The molecular weight excluding hydrogens is 200 g/mol. The monoisotopic (exact) mass is 220 g/mol. The van der Waals surface area contributed by atoms with Crippen molar-refractivity contribution in [1.29, 1.82) is 0 Å². The van der Waals surface area contributed by atoms with Crippen LogP contribution in [0, 0.1) is 0 Å². The number of nitrogens with zero attached hydrogens (tertiary/aromatic N) is 1. The molecule has 0 fully saturated rings. The summed E-state index contributed by atoms with van der Waals surface area (Å²) in [5.74, 6) is 0. The van der Waals surface area contributed by atoms with Crippen molar-refractivity contribution in [2.45, 2.75) is 33.0 Å². The van der Waals surface area contributed by atoms with Crippen LogP contribution in [0.4, 0.5) is 5.69 Å². The summed E-state index contributed by atoms with van der Waals surface area (Å²) in [4.78, 5) is 2.38. The molecular formula is C13H20N2O. The summed E-state index contributed by atoms with van der Waals surface area (Å²) in [6.45, 7) is 7.87. The van der Waals surface area contributed by atoms with E-state index in [4.69, 9.17) is 10.5 Å². The van der Waals surface area contributed by atoms with Crippen LogP contribution >= 0.6 is 0 Å². The predicted molar refractivity (Wildman–Crippen MR) is 66.1 cm³/mol. The van der Waals surface area contributed by atoms with Gasteiger partial charge in [-0.2, -0.15) is 0 Å². The minimum atomic E-state index is 0.315. The minimum absolute atomic E-state index is 0.315. The van der Waals surface area contributed by atoms with Crippen LogP contribution in [0.25, 0.3) is 0 Å². The number of hydrogen-bond acceptors (Lipinski definition) is 3. The molecule has 1 heterocycles. The molecule has 3 nitrogen and oxygen atoms in total. The van der Waals surface area contributed by atoms with E-state index in [1.54, 1.807) is 0 Å². The van der Waals surface area contributed by atoms with Gasteiger partial charge in [0.15, 0.2) is 0 Å². The molecule has 16 heavy (non-hydrogen) atoms. The molecule has 0 atom stereocenters. The van der Waals surface area contributed by atoms with Gasteiger partial charge in [0.1, 0.15) is 0 Å². The number of anilines is 1. The van der Waals surface area contributed by atoms with Gasteiger partial charge in [-0.3, -0.25) is 4.90 Å². The molecule has 0 spiro atoms. The van der Waals surface area contributed by atoms with Crippen LogP contribution in [0.1, 0.15) is 25.0 Å². The molecule has 0 aliphatic carbocycles. The second kappa shape index (κ2) is 4.85. The number of fused-ring (bicyclic) bond motifs is 1. The molecule has 0 amide bonds. The van der Waals surface area contributed by atoms with E-state index in [9.17, 15) is 0 Å². The van der Waals surface area contributed by atoms with Gasteiger partial charge < -0.3 is 10.5 Å². The van der Waals surface area contributed by atoms with Gasteiger partial charge in [0.05, 0.1) is 12.7 Å². The van der Waals surface area contributed by atoms with Crippen LogP contribution < -0.4 is 5.73 Å². The Balaban J connectivity index is 1.88. The van der Waals surface area contributed by atoms with E-state index in [1.165, 1.54) is 11.1 Å². The van der Waals surface area contributed by atoms with Crippen molar-refractivity contribution in [3.63, 3.8) is 0 Å². The maximum atomic E-state index is 5.95. The largest absolute Gasteiger partial charge is 0.398 e. The summed E-state index contributed by atoms with van der Waals surface area (Å²) in [7, 11) is 0. The van der Waals surface area contributed by atoms with Gasteiger partial charge in [0, 0.05) is 25.3 Å². The minimum Gasteiger partial charge on any atom is -0.398 e. The van der Waals surface area contributed by atoms with Gasteiger partial charge in [0.25, 0.3) is 0 Å². The van der Waals surface area contributed by atoms with Crippen molar-refractivity contribution < 1.29 is 4.74 Å². The quantitative estimate of drug-likeness (QED) is 0.789. The van der Waals surface area contributed by atoms with Crippen molar-refractivity contribution in [3.8, 4) is 0 Å². The van der Waals surface area contributed by atoms with Crippen LogP contribution in [0.2, 0.25) is 0 Å². The summed E-state index contributed by atoms with van der Waals surface area (Å²) < 4.78 is 5.56. The fourth-order valence-electron chi connectivity index (χ4n) is 2.09. The number of ether oxygens (including phenoxy) is 1. The Labute approximate surface area is 97.2 Å². The molecule has 3 heteroatoms. The lowest BCUT2D eigenvalue weighted by molar-refractivity contribution is 0.0584. The van der Waals surface area contributed by atoms with E-state index in [-0.39, 0.29) is 0 Å². The lowest BCUT2D eigenvalue weighted by Gasteiger charge is -2.15. The Hall–Kier alpha value is -1.06. The highest BCUT2D eigenvalue weighted by Gasteiger charge is 2.19. The van der Waals surface area contributed by atoms with Crippen molar-refractivity contribution >= 4 is 5.69 Å². The van der Waals surface area contributed by atoms with Gasteiger partial charge in [-0.25, -0.2) is 0 Å². The first-order valence-corrected chi connectivity index (χ1v) is 5.87. The second-order valence-corrected chi connectivity index (χ2v) is 4.62. The van der Waals surface area contributed by atoms with Crippen LogP contribution in [0.5, 0.6) is 0 Å². The first-order chi connectivity index (χ1) is 7.66. The summed E-state index contributed by atoms with van der Waals surface area (Å²) in [6.07, 6.45) is 0.315. The molecule has 1 aliphatic heterocycles. The van der Waals surface area contributed by atoms with E-state index in [1.807, 2.05) is 12.1 Å². The topological polar surface area (TPSA) is 38.5 Å². The van der Waals surface area contributed by atoms with E-state index in [2.05, 4.69) is 24.8 Å². The van der Waals surface area contributed by atoms with E-state index in [0.717, 1.165) is 31.9 Å². The van der Waals surface area contributed by atoms with Crippen molar-refractivity contribution in [3.05, 3.63) is 29.3 Å². The highest BCUT2D eigenvalue weighted by Crippen LogP contribution is 2.26.